The van der Waals surface area contributed by atoms with E-state index in [-0.39, 0.29) is 52.6 Å². The second-order valence-electron chi connectivity index (χ2n) is 7.84. The van der Waals surface area contributed by atoms with Gasteiger partial charge in [-0.25, -0.2) is 19.9 Å². The molecular weight excluding hydrogens is 783 g/mol. The first-order valence-corrected chi connectivity index (χ1v) is 15.2. The number of carbonyl (C=O) groups is 1. The Morgan fingerprint density at radius 2 is 1.14 bits per heavy atom. The van der Waals surface area contributed by atoms with Crippen LogP contribution in [0.1, 0.15) is 33.4 Å². The third-order valence-corrected chi connectivity index (χ3v) is 7.87. The van der Waals surface area contributed by atoms with Crippen LogP contribution >= 0.6 is 116 Å². The quantitative estimate of drug-likeness (QED) is 0.179. The lowest BCUT2D eigenvalue weighted by molar-refractivity contribution is 0.103. The fraction of sp³-hybridized carbons (Fsp3) is 0.0385. The Hall–Kier alpha value is -1.79. The number of rotatable bonds is 4. The minimum Gasteiger partial charge on any atom is -0.382 e. The molecule has 18 heteroatoms. The van der Waals surface area contributed by atoms with Crippen molar-refractivity contribution in [2.45, 2.75) is 6.10 Å². The van der Waals surface area contributed by atoms with Crippen molar-refractivity contribution < 1.29 is 9.90 Å². The monoisotopic (exact) mass is 790 g/mol. The predicted octanol–water partition coefficient (Wildman–Crippen LogP) is 10.3. The highest BCUT2D eigenvalue weighted by Gasteiger charge is 2.21. The molecule has 0 amide bonds. The maximum atomic E-state index is 12.2. The molecule has 1 unspecified atom stereocenters. The first-order chi connectivity index (χ1) is 20.8. The van der Waals surface area contributed by atoms with E-state index in [0.717, 1.165) is 0 Å². The highest BCUT2D eigenvalue weighted by atomic mass is 35.5. The Bertz CT molecular complexity index is 1780. The van der Waals surface area contributed by atoms with Gasteiger partial charge < -0.3 is 5.11 Å². The Balaban J connectivity index is 0.000000194. The zero-order chi connectivity index (χ0) is 32.6. The summed E-state index contributed by atoms with van der Waals surface area (Å²) in [5.74, 6) is -0.461. The van der Waals surface area contributed by atoms with Crippen molar-refractivity contribution in [2.75, 3.05) is 0 Å². The van der Waals surface area contributed by atoms with E-state index in [1.807, 2.05) is 0 Å². The van der Waals surface area contributed by atoms with Crippen LogP contribution in [0.2, 0.25) is 51.0 Å². The van der Waals surface area contributed by atoms with Crippen molar-refractivity contribution in [1.29, 1.82) is 0 Å². The van der Waals surface area contributed by atoms with E-state index in [0.29, 0.717) is 20.9 Å². The van der Waals surface area contributed by atoms with Gasteiger partial charge in [0.1, 0.15) is 38.1 Å². The second kappa shape index (κ2) is 17.2. The normalized spacial score (nSPS) is 11.1. The van der Waals surface area contributed by atoms with Crippen LogP contribution in [0.5, 0.6) is 0 Å². The van der Waals surface area contributed by atoms with Crippen LogP contribution < -0.4 is 0 Å². The van der Waals surface area contributed by atoms with Crippen molar-refractivity contribution in [3.8, 4) is 0 Å². The lowest BCUT2D eigenvalue weighted by atomic mass is 10.1. The summed E-state index contributed by atoms with van der Waals surface area (Å²) in [4.78, 5) is 34.8. The minimum atomic E-state index is -1.12. The smallest absolute Gasteiger partial charge is 0.216 e. The molecule has 8 nitrogen and oxygen atoms in total. The number of carbonyl (C=O) groups excluding carboxylic acids is 1. The lowest BCUT2D eigenvalue weighted by Gasteiger charge is -2.13. The average Bonchev–Trinajstić information content (AvgIpc) is 2.96. The molecule has 0 aliphatic rings. The van der Waals surface area contributed by atoms with E-state index in [2.05, 4.69) is 29.9 Å². The van der Waals surface area contributed by atoms with Crippen molar-refractivity contribution in [3.63, 3.8) is 0 Å². The zero-order valence-corrected chi connectivity index (χ0v) is 28.7. The Labute approximate surface area is 300 Å². The molecule has 0 saturated heterocycles. The number of benzene rings is 2. The highest BCUT2D eigenvalue weighted by Crippen LogP contribution is 2.34. The van der Waals surface area contributed by atoms with Gasteiger partial charge in [0.2, 0.25) is 5.78 Å². The molecule has 0 radical (unpaired) electrons. The lowest BCUT2D eigenvalue weighted by Crippen LogP contribution is -2.07. The van der Waals surface area contributed by atoms with Crippen molar-refractivity contribution in [1.82, 2.24) is 29.9 Å². The van der Waals surface area contributed by atoms with Gasteiger partial charge in [0.25, 0.3) is 0 Å². The van der Waals surface area contributed by atoms with Crippen LogP contribution in [0.4, 0.5) is 0 Å². The van der Waals surface area contributed by atoms with E-state index in [1.165, 1.54) is 30.9 Å². The van der Waals surface area contributed by atoms with Crippen LogP contribution in [-0.4, -0.2) is 40.8 Å². The maximum absolute atomic E-state index is 12.2. The number of ketones is 1. The molecule has 3 aromatic heterocycles. The van der Waals surface area contributed by atoms with Gasteiger partial charge in [0.05, 0.1) is 44.9 Å². The van der Waals surface area contributed by atoms with E-state index in [4.69, 9.17) is 116 Å². The molecule has 2 aromatic carbocycles. The molecule has 0 spiro atoms. The van der Waals surface area contributed by atoms with Gasteiger partial charge in [0, 0.05) is 11.1 Å². The van der Waals surface area contributed by atoms with Gasteiger partial charge in [-0.05, 0) is 18.2 Å². The van der Waals surface area contributed by atoms with E-state index < -0.39 is 11.9 Å². The van der Waals surface area contributed by atoms with Crippen LogP contribution in [-0.2, 0) is 0 Å². The summed E-state index contributed by atoms with van der Waals surface area (Å²) in [5.41, 5.74) is 0.765. The van der Waals surface area contributed by atoms with Gasteiger partial charge in [-0.1, -0.05) is 134 Å². The number of nitrogens with zero attached hydrogens (tertiary/aromatic N) is 6. The number of hydrogen-bond donors (Lipinski definition) is 1. The first-order valence-electron chi connectivity index (χ1n) is 11.4. The van der Waals surface area contributed by atoms with E-state index in [1.54, 1.807) is 30.3 Å². The number of aromatic nitrogens is 6. The van der Waals surface area contributed by atoms with Gasteiger partial charge >= 0.3 is 0 Å². The van der Waals surface area contributed by atoms with Crippen LogP contribution in [0.3, 0.4) is 0 Å². The summed E-state index contributed by atoms with van der Waals surface area (Å²) in [5, 5.41) is 12.0. The molecule has 0 aliphatic carbocycles. The SMILES string of the molecule is Clc1cncc(Cl)n1.O=C(c1cccc(Cl)c1Cl)c1ncc(Cl)nc1Cl.OC(c1cccc(Cl)c1Cl)c1ncc(Cl)nc1Cl. The molecule has 44 heavy (non-hydrogen) atoms. The summed E-state index contributed by atoms with van der Waals surface area (Å²) in [7, 11) is 0. The Morgan fingerprint density at radius 1 is 0.614 bits per heavy atom. The van der Waals surface area contributed by atoms with Gasteiger partial charge in [-0.15, -0.1) is 0 Å². The van der Waals surface area contributed by atoms with Gasteiger partial charge in [-0.2, -0.15) is 0 Å². The average molecular weight is 795 g/mol. The zero-order valence-electron chi connectivity index (χ0n) is 21.2. The summed E-state index contributed by atoms with van der Waals surface area (Å²) in [6.07, 6.45) is 4.26. The van der Waals surface area contributed by atoms with Crippen molar-refractivity contribution in [3.05, 3.63) is 135 Å². The van der Waals surface area contributed by atoms with Gasteiger partial charge in [-0.3, -0.25) is 14.8 Å². The Morgan fingerprint density at radius 3 is 1.68 bits per heavy atom. The highest BCUT2D eigenvalue weighted by molar-refractivity contribution is 6.45. The largest absolute Gasteiger partial charge is 0.382 e. The fourth-order valence-electron chi connectivity index (χ4n) is 3.04. The van der Waals surface area contributed by atoms with E-state index >= 15 is 0 Å². The molecule has 0 bridgehead atoms. The topological polar surface area (TPSA) is 115 Å². The summed E-state index contributed by atoms with van der Waals surface area (Å²) >= 11 is 57.4. The molecule has 228 valence electrons. The molecule has 3 heterocycles. The van der Waals surface area contributed by atoms with Gasteiger partial charge in [0.15, 0.2) is 10.3 Å². The molecule has 0 aliphatic heterocycles. The second-order valence-corrected chi connectivity index (χ2v) is 11.7. The van der Waals surface area contributed by atoms with Crippen molar-refractivity contribution in [2.24, 2.45) is 0 Å². The first kappa shape index (κ1) is 36.7. The molecule has 5 rings (SSSR count). The standard InChI is InChI=1S/C11H6Cl4N2O.C11H4Cl4N2O.C4H2Cl2N2/c2*12-6-3-1-2-5(8(6)14)10(18)9-11(15)17-7(13)4-16-9;5-3-1-7-2-4(6)8-3/h1-4,10,18H;1-4H;1-2H. The Kier molecular flexibility index (Phi) is 14.4. The number of hydrogen-bond acceptors (Lipinski definition) is 8. The number of halogens is 10. The predicted molar refractivity (Wildman–Crippen MR) is 177 cm³/mol. The molecular formula is C26H12Cl10N6O2. The van der Waals surface area contributed by atoms with Crippen molar-refractivity contribution >= 4 is 122 Å². The maximum Gasteiger partial charge on any atom is 0.216 e. The third-order valence-electron chi connectivity index (χ3n) is 4.95. The third kappa shape index (κ3) is 10.1. The number of aliphatic hydroxyl groups excluding tert-OH is 1. The van der Waals surface area contributed by atoms with Crippen LogP contribution in [0.25, 0.3) is 0 Å². The summed E-state index contributed by atoms with van der Waals surface area (Å²) < 4.78 is 0. The molecule has 5 aromatic rings. The number of aliphatic hydroxyl groups is 1. The molecule has 0 saturated carbocycles. The summed E-state index contributed by atoms with van der Waals surface area (Å²) in [6, 6.07) is 9.64. The minimum absolute atomic E-state index is 0.0195. The fourth-order valence-corrected chi connectivity index (χ4v) is 5.00. The van der Waals surface area contributed by atoms with E-state index in [9.17, 15) is 9.90 Å². The van der Waals surface area contributed by atoms with Crippen LogP contribution in [0.15, 0.2) is 61.2 Å². The molecule has 0 fully saturated rings. The molecule has 1 atom stereocenters. The molecule has 1 N–H and O–H groups in total. The summed E-state index contributed by atoms with van der Waals surface area (Å²) in [6.45, 7) is 0. The van der Waals surface area contributed by atoms with Crippen LogP contribution in [0, 0.1) is 0 Å².